The molecule has 5 heteroatoms. The quantitative estimate of drug-likeness (QED) is 0.829. The summed E-state index contributed by atoms with van der Waals surface area (Å²) in [4.78, 5) is 4.29. The molecule has 1 heterocycles. The SMILES string of the molecule is CC(C)CNCc1cc(Oc2cc(F)cc(Br)c2)ccn1. The Bertz CT molecular complexity index is 584. The lowest BCUT2D eigenvalue weighted by molar-refractivity contribution is 0.473. The van der Waals surface area contributed by atoms with Crippen LogP contribution in [0.15, 0.2) is 41.0 Å². The summed E-state index contributed by atoms with van der Waals surface area (Å²) in [5.74, 6) is 1.35. The zero-order valence-electron chi connectivity index (χ0n) is 12.1. The third-order valence-corrected chi connectivity index (χ3v) is 3.18. The molecule has 0 radical (unpaired) electrons. The molecule has 2 rings (SSSR count). The number of hydrogen-bond acceptors (Lipinski definition) is 3. The van der Waals surface area contributed by atoms with Gasteiger partial charge >= 0.3 is 0 Å². The first-order valence-corrected chi connectivity index (χ1v) is 7.62. The molecule has 21 heavy (non-hydrogen) atoms. The van der Waals surface area contributed by atoms with Crippen molar-refractivity contribution in [3.8, 4) is 11.5 Å². The number of hydrogen-bond donors (Lipinski definition) is 1. The van der Waals surface area contributed by atoms with E-state index < -0.39 is 0 Å². The van der Waals surface area contributed by atoms with Crippen LogP contribution in [-0.4, -0.2) is 11.5 Å². The van der Waals surface area contributed by atoms with E-state index in [4.69, 9.17) is 4.74 Å². The maximum atomic E-state index is 13.3. The van der Waals surface area contributed by atoms with Crippen LogP contribution >= 0.6 is 15.9 Å². The molecule has 0 bridgehead atoms. The smallest absolute Gasteiger partial charge is 0.131 e. The highest BCUT2D eigenvalue weighted by Gasteiger charge is 2.04. The number of nitrogens with one attached hydrogen (secondary N) is 1. The van der Waals surface area contributed by atoms with Crippen molar-refractivity contribution in [2.24, 2.45) is 5.92 Å². The largest absolute Gasteiger partial charge is 0.457 e. The molecule has 0 amide bonds. The Balaban J connectivity index is 2.03. The van der Waals surface area contributed by atoms with Gasteiger partial charge in [-0.2, -0.15) is 0 Å². The zero-order valence-corrected chi connectivity index (χ0v) is 13.7. The van der Waals surface area contributed by atoms with E-state index in [9.17, 15) is 4.39 Å². The standard InChI is InChI=1S/C16H18BrFN2O/c1-11(2)9-19-10-14-8-15(3-4-20-14)21-16-6-12(17)5-13(18)7-16/h3-8,11,19H,9-10H2,1-2H3. The Labute approximate surface area is 132 Å². The van der Waals surface area contributed by atoms with E-state index in [0.717, 1.165) is 12.2 Å². The van der Waals surface area contributed by atoms with E-state index in [1.807, 2.05) is 6.07 Å². The summed E-state index contributed by atoms with van der Waals surface area (Å²) >= 11 is 3.25. The lowest BCUT2D eigenvalue weighted by Gasteiger charge is -2.09. The fourth-order valence-electron chi connectivity index (χ4n) is 1.83. The fraction of sp³-hybridized carbons (Fsp3) is 0.312. The molecule has 0 unspecified atom stereocenters. The summed E-state index contributed by atoms with van der Waals surface area (Å²) in [7, 11) is 0. The minimum atomic E-state index is -0.341. The number of ether oxygens (including phenoxy) is 1. The normalized spacial score (nSPS) is 10.9. The first-order valence-electron chi connectivity index (χ1n) is 6.82. The van der Waals surface area contributed by atoms with Gasteiger partial charge in [-0.25, -0.2) is 4.39 Å². The average molecular weight is 353 g/mol. The van der Waals surface area contributed by atoms with E-state index in [1.165, 1.54) is 12.1 Å². The molecule has 112 valence electrons. The van der Waals surface area contributed by atoms with Crippen LogP contribution in [0.2, 0.25) is 0 Å². The predicted octanol–water partition coefficient (Wildman–Crippen LogP) is 4.52. The second kappa shape index (κ2) is 7.52. The number of pyridine rings is 1. The van der Waals surface area contributed by atoms with Crippen LogP contribution in [-0.2, 0) is 6.54 Å². The van der Waals surface area contributed by atoms with Gasteiger partial charge < -0.3 is 10.1 Å². The summed E-state index contributed by atoms with van der Waals surface area (Å²) in [6.45, 7) is 5.93. The van der Waals surface area contributed by atoms with Gasteiger partial charge in [0.25, 0.3) is 0 Å². The van der Waals surface area contributed by atoms with Gasteiger partial charge in [-0.15, -0.1) is 0 Å². The van der Waals surface area contributed by atoms with Crippen LogP contribution < -0.4 is 10.1 Å². The molecule has 0 fully saturated rings. The number of nitrogens with zero attached hydrogens (tertiary/aromatic N) is 1. The molecule has 3 nitrogen and oxygen atoms in total. The van der Waals surface area contributed by atoms with Gasteiger partial charge in [0.1, 0.15) is 17.3 Å². The third kappa shape index (κ3) is 5.44. The van der Waals surface area contributed by atoms with Gasteiger partial charge in [-0.3, -0.25) is 4.98 Å². The fourth-order valence-corrected chi connectivity index (χ4v) is 2.27. The molecule has 0 spiro atoms. The minimum absolute atomic E-state index is 0.341. The highest BCUT2D eigenvalue weighted by Crippen LogP contribution is 2.26. The van der Waals surface area contributed by atoms with Crippen molar-refractivity contribution < 1.29 is 9.13 Å². The Morgan fingerprint density at radius 3 is 2.76 bits per heavy atom. The van der Waals surface area contributed by atoms with Crippen LogP contribution in [0.4, 0.5) is 4.39 Å². The average Bonchev–Trinajstić information content (AvgIpc) is 2.37. The molecular weight excluding hydrogens is 335 g/mol. The summed E-state index contributed by atoms with van der Waals surface area (Å²) in [6.07, 6.45) is 1.69. The van der Waals surface area contributed by atoms with Crippen molar-refractivity contribution in [1.29, 1.82) is 0 Å². The van der Waals surface area contributed by atoms with Crippen LogP contribution in [0.3, 0.4) is 0 Å². The summed E-state index contributed by atoms with van der Waals surface area (Å²) in [6, 6.07) is 8.07. The maximum absolute atomic E-state index is 13.3. The predicted molar refractivity (Wildman–Crippen MR) is 85.0 cm³/mol. The van der Waals surface area contributed by atoms with Crippen molar-refractivity contribution in [2.45, 2.75) is 20.4 Å². The molecule has 2 aromatic rings. The molecule has 1 aromatic carbocycles. The highest BCUT2D eigenvalue weighted by molar-refractivity contribution is 9.10. The summed E-state index contributed by atoms with van der Waals surface area (Å²) in [5.41, 5.74) is 0.892. The van der Waals surface area contributed by atoms with Crippen LogP contribution in [0, 0.1) is 11.7 Å². The van der Waals surface area contributed by atoms with Crippen LogP contribution in [0.5, 0.6) is 11.5 Å². The van der Waals surface area contributed by atoms with E-state index in [2.05, 4.69) is 40.1 Å². The molecule has 0 aliphatic heterocycles. The first kappa shape index (κ1) is 15.9. The van der Waals surface area contributed by atoms with Gasteiger partial charge in [-0.05, 0) is 30.7 Å². The number of aromatic nitrogens is 1. The van der Waals surface area contributed by atoms with E-state index in [0.29, 0.717) is 28.4 Å². The Morgan fingerprint density at radius 1 is 1.24 bits per heavy atom. The topological polar surface area (TPSA) is 34.1 Å². The van der Waals surface area contributed by atoms with Crippen molar-refractivity contribution in [3.63, 3.8) is 0 Å². The third-order valence-electron chi connectivity index (χ3n) is 2.72. The summed E-state index contributed by atoms with van der Waals surface area (Å²) in [5, 5.41) is 3.32. The second-order valence-electron chi connectivity index (χ2n) is 5.21. The first-order chi connectivity index (χ1) is 10.0. The minimum Gasteiger partial charge on any atom is -0.457 e. The zero-order chi connectivity index (χ0) is 15.2. The van der Waals surface area contributed by atoms with Gasteiger partial charge in [0.2, 0.25) is 0 Å². The Morgan fingerprint density at radius 2 is 2.05 bits per heavy atom. The van der Waals surface area contributed by atoms with Crippen molar-refractivity contribution in [1.82, 2.24) is 10.3 Å². The number of halogens is 2. The van der Waals surface area contributed by atoms with Gasteiger partial charge in [0.05, 0.1) is 5.69 Å². The molecule has 0 aliphatic carbocycles. The van der Waals surface area contributed by atoms with Gasteiger partial charge in [0, 0.05) is 29.3 Å². The molecule has 1 N–H and O–H groups in total. The highest BCUT2D eigenvalue weighted by atomic mass is 79.9. The van der Waals surface area contributed by atoms with Crippen molar-refractivity contribution in [3.05, 3.63) is 52.5 Å². The Hall–Kier alpha value is -1.46. The number of rotatable bonds is 6. The lowest BCUT2D eigenvalue weighted by Crippen LogP contribution is -2.19. The van der Waals surface area contributed by atoms with Gasteiger partial charge in [-0.1, -0.05) is 29.8 Å². The summed E-state index contributed by atoms with van der Waals surface area (Å²) < 4.78 is 19.6. The molecule has 0 saturated carbocycles. The van der Waals surface area contributed by atoms with Crippen molar-refractivity contribution >= 4 is 15.9 Å². The lowest BCUT2D eigenvalue weighted by atomic mass is 10.2. The van der Waals surface area contributed by atoms with Gasteiger partial charge in [0.15, 0.2) is 0 Å². The van der Waals surface area contributed by atoms with Crippen molar-refractivity contribution in [2.75, 3.05) is 6.54 Å². The second-order valence-corrected chi connectivity index (χ2v) is 6.13. The van der Waals surface area contributed by atoms with Crippen LogP contribution in [0.25, 0.3) is 0 Å². The molecule has 0 saturated heterocycles. The van der Waals surface area contributed by atoms with E-state index in [1.54, 1.807) is 18.3 Å². The Kier molecular flexibility index (Phi) is 5.70. The number of benzene rings is 1. The molecule has 1 aromatic heterocycles. The molecule has 0 aliphatic rings. The molecule has 0 atom stereocenters. The monoisotopic (exact) mass is 352 g/mol. The maximum Gasteiger partial charge on any atom is 0.131 e. The van der Waals surface area contributed by atoms with Crippen LogP contribution in [0.1, 0.15) is 19.5 Å². The van der Waals surface area contributed by atoms with E-state index >= 15 is 0 Å². The van der Waals surface area contributed by atoms with E-state index in [-0.39, 0.29) is 5.82 Å². The molecular formula is C16H18BrFN2O.